The summed E-state index contributed by atoms with van der Waals surface area (Å²) in [6, 6.07) is 16.9. The van der Waals surface area contributed by atoms with Crippen LogP contribution in [-0.4, -0.2) is 19.5 Å². The van der Waals surface area contributed by atoms with Gasteiger partial charge in [-0.05, 0) is 43.3 Å². The molecular formula is C17H17N3O. The van der Waals surface area contributed by atoms with Crippen LogP contribution in [0.1, 0.15) is 11.1 Å². The summed E-state index contributed by atoms with van der Waals surface area (Å²) in [4.78, 5) is 13.8. The summed E-state index contributed by atoms with van der Waals surface area (Å²) < 4.78 is 0. The fourth-order valence-corrected chi connectivity index (χ4v) is 1.93. The van der Waals surface area contributed by atoms with E-state index in [0.717, 1.165) is 16.9 Å². The van der Waals surface area contributed by atoms with E-state index < -0.39 is 0 Å². The molecule has 21 heavy (non-hydrogen) atoms. The van der Waals surface area contributed by atoms with Crippen LogP contribution in [0, 0.1) is 18.3 Å². The average molecular weight is 279 g/mol. The molecule has 1 N–H and O–H groups in total. The molecule has 0 unspecified atom stereocenters. The number of benzene rings is 2. The molecule has 0 aliphatic rings. The smallest absolute Gasteiger partial charge is 0.243 e. The SMILES string of the molecule is Cc1ccc(NC(=O)CN(C)c2ccc(C#N)cc2)cc1. The second kappa shape index (κ2) is 6.58. The molecule has 0 atom stereocenters. The largest absolute Gasteiger partial charge is 0.365 e. The van der Waals surface area contributed by atoms with Crippen LogP contribution in [0.2, 0.25) is 0 Å². The van der Waals surface area contributed by atoms with E-state index in [0.29, 0.717) is 5.56 Å². The van der Waals surface area contributed by atoms with E-state index in [9.17, 15) is 4.79 Å². The molecule has 2 rings (SSSR count). The minimum Gasteiger partial charge on any atom is -0.365 e. The van der Waals surface area contributed by atoms with Crippen molar-refractivity contribution in [2.45, 2.75) is 6.92 Å². The second-order valence-corrected chi connectivity index (χ2v) is 4.93. The molecule has 0 aliphatic carbocycles. The maximum atomic E-state index is 12.0. The van der Waals surface area contributed by atoms with Crippen LogP contribution in [0.15, 0.2) is 48.5 Å². The predicted molar refractivity (Wildman–Crippen MR) is 84.2 cm³/mol. The minimum atomic E-state index is -0.0780. The van der Waals surface area contributed by atoms with Crippen molar-refractivity contribution in [3.8, 4) is 6.07 Å². The van der Waals surface area contributed by atoms with Crippen molar-refractivity contribution < 1.29 is 4.79 Å². The van der Waals surface area contributed by atoms with Gasteiger partial charge in [0.25, 0.3) is 0 Å². The standard InChI is InChI=1S/C17H17N3O/c1-13-3-7-15(8-4-13)19-17(21)12-20(2)16-9-5-14(11-18)6-10-16/h3-10H,12H2,1-2H3,(H,19,21). The number of likely N-dealkylation sites (N-methyl/N-ethyl adjacent to an activating group) is 1. The van der Waals surface area contributed by atoms with Gasteiger partial charge in [0.2, 0.25) is 5.91 Å². The van der Waals surface area contributed by atoms with Crippen molar-refractivity contribution in [3.05, 3.63) is 59.7 Å². The van der Waals surface area contributed by atoms with Crippen LogP contribution in [0.4, 0.5) is 11.4 Å². The Morgan fingerprint density at radius 2 is 1.76 bits per heavy atom. The Bertz CT molecular complexity index is 654. The Kier molecular flexibility index (Phi) is 4.57. The summed E-state index contributed by atoms with van der Waals surface area (Å²) in [7, 11) is 1.84. The number of rotatable bonds is 4. The summed E-state index contributed by atoms with van der Waals surface area (Å²) in [5.74, 6) is -0.0780. The molecule has 0 spiro atoms. The number of hydrogen-bond acceptors (Lipinski definition) is 3. The Labute approximate surface area is 124 Å². The van der Waals surface area contributed by atoms with Gasteiger partial charge in [-0.1, -0.05) is 17.7 Å². The van der Waals surface area contributed by atoms with Crippen molar-refractivity contribution >= 4 is 17.3 Å². The number of aryl methyl sites for hydroxylation is 1. The van der Waals surface area contributed by atoms with E-state index in [2.05, 4.69) is 11.4 Å². The van der Waals surface area contributed by atoms with E-state index in [1.807, 2.05) is 55.3 Å². The van der Waals surface area contributed by atoms with E-state index in [1.165, 1.54) is 0 Å². The monoisotopic (exact) mass is 279 g/mol. The number of hydrogen-bond donors (Lipinski definition) is 1. The van der Waals surface area contributed by atoms with Gasteiger partial charge in [-0.2, -0.15) is 5.26 Å². The number of anilines is 2. The van der Waals surface area contributed by atoms with E-state index in [4.69, 9.17) is 5.26 Å². The van der Waals surface area contributed by atoms with Crippen LogP contribution in [0.3, 0.4) is 0 Å². The fraction of sp³-hybridized carbons (Fsp3) is 0.176. The van der Waals surface area contributed by atoms with Crippen LogP contribution in [0.5, 0.6) is 0 Å². The van der Waals surface area contributed by atoms with Crippen molar-refractivity contribution in [2.24, 2.45) is 0 Å². The molecule has 0 aromatic heterocycles. The van der Waals surface area contributed by atoms with Gasteiger partial charge < -0.3 is 10.2 Å². The quantitative estimate of drug-likeness (QED) is 0.936. The van der Waals surface area contributed by atoms with Crippen LogP contribution in [0.25, 0.3) is 0 Å². The molecule has 0 heterocycles. The second-order valence-electron chi connectivity index (χ2n) is 4.93. The number of nitriles is 1. The number of nitrogens with one attached hydrogen (secondary N) is 1. The van der Waals surface area contributed by atoms with Gasteiger partial charge in [-0.3, -0.25) is 4.79 Å². The summed E-state index contributed by atoms with van der Waals surface area (Å²) in [6.45, 7) is 2.25. The highest BCUT2D eigenvalue weighted by atomic mass is 16.2. The highest BCUT2D eigenvalue weighted by Crippen LogP contribution is 2.14. The summed E-state index contributed by atoms with van der Waals surface area (Å²) >= 11 is 0. The molecule has 0 aliphatic heterocycles. The molecule has 2 aromatic carbocycles. The normalized spacial score (nSPS) is 9.76. The zero-order valence-electron chi connectivity index (χ0n) is 12.1. The van der Waals surface area contributed by atoms with Crippen molar-refractivity contribution in [1.29, 1.82) is 5.26 Å². The number of carbonyl (C=O) groups excluding carboxylic acids is 1. The van der Waals surface area contributed by atoms with Gasteiger partial charge in [-0.25, -0.2) is 0 Å². The Balaban J connectivity index is 1.95. The molecule has 4 nitrogen and oxygen atoms in total. The molecular weight excluding hydrogens is 262 g/mol. The van der Waals surface area contributed by atoms with Gasteiger partial charge in [0.1, 0.15) is 0 Å². The molecule has 0 saturated carbocycles. The lowest BCUT2D eigenvalue weighted by atomic mass is 10.2. The lowest BCUT2D eigenvalue weighted by Crippen LogP contribution is -2.30. The minimum absolute atomic E-state index is 0.0780. The first-order chi connectivity index (χ1) is 10.1. The highest BCUT2D eigenvalue weighted by Gasteiger charge is 2.07. The molecule has 1 amide bonds. The van der Waals surface area contributed by atoms with Gasteiger partial charge in [0.05, 0.1) is 18.2 Å². The summed E-state index contributed by atoms with van der Waals surface area (Å²) in [5.41, 5.74) is 3.45. The van der Waals surface area contributed by atoms with Crippen molar-refractivity contribution in [1.82, 2.24) is 0 Å². The lowest BCUT2D eigenvalue weighted by Gasteiger charge is -2.18. The molecule has 0 saturated heterocycles. The van der Waals surface area contributed by atoms with Crippen LogP contribution in [-0.2, 0) is 4.79 Å². The zero-order valence-corrected chi connectivity index (χ0v) is 12.1. The van der Waals surface area contributed by atoms with E-state index >= 15 is 0 Å². The third-order valence-corrected chi connectivity index (χ3v) is 3.15. The van der Waals surface area contributed by atoms with Gasteiger partial charge >= 0.3 is 0 Å². The van der Waals surface area contributed by atoms with Crippen molar-refractivity contribution in [3.63, 3.8) is 0 Å². The first-order valence-electron chi connectivity index (χ1n) is 6.66. The van der Waals surface area contributed by atoms with Gasteiger partial charge in [0.15, 0.2) is 0 Å². The summed E-state index contributed by atoms with van der Waals surface area (Å²) in [6.07, 6.45) is 0. The number of carbonyl (C=O) groups is 1. The highest BCUT2D eigenvalue weighted by molar-refractivity contribution is 5.94. The molecule has 0 bridgehead atoms. The Morgan fingerprint density at radius 1 is 1.14 bits per heavy atom. The molecule has 0 radical (unpaired) electrons. The molecule has 106 valence electrons. The van der Waals surface area contributed by atoms with Gasteiger partial charge in [-0.15, -0.1) is 0 Å². The predicted octanol–water partition coefficient (Wildman–Crippen LogP) is 2.94. The Morgan fingerprint density at radius 3 is 2.33 bits per heavy atom. The van der Waals surface area contributed by atoms with E-state index in [-0.39, 0.29) is 12.5 Å². The van der Waals surface area contributed by atoms with Gasteiger partial charge in [0, 0.05) is 18.4 Å². The fourth-order valence-electron chi connectivity index (χ4n) is 1.93. The summed E-state index contributed by atoms with van der Waals surface area (Å²) in [5, 5.41) is 11.6. The maximum absolute atomic E-state index is 12.0. The van der Waals surface area contributed by atoms with E-state index in [1.54, 1.807) is 12.1 Å². The molecule has 4 heteroatoms. The topological polar surface area (TPSA) is 56.1 Å². The first kappa shape index (κ1) is 14.6. The Hall–Kier alpha value is -2.80. The first-order valence-corrected chi connectivity index (χ1v) is 6.66. The van der Waals surface area contributed by atoms with Crippen LogP contribution >= 0.6 is 0 Å². The lowest BCUT2D eigenvalue weighted by molar-refractivity contribution is -0.114. The number of nitrogens with zero attached hydrogens (tertiary/aromatic N) is 2. The third-order valence-electron chi connectivity index (χ3n) is 3.15. The average Bonchev–Trinajstić information content (AvgIpc) is 2.49. The molecule has 0 fully saturated rings. The molecule has 2 aromatic rings. The third kappa shape index (κ3) is 4.08. The van der Waals surface area contributed by atoms with Crippen LogP contribution < -0.4 is 10.2 Å². The maximum Gasteiger partial charge on any atom is 0.243 e. The zero-order chi connectivity index (χ0) is 15.2. The van der Waals surface area contributed by atoms with Crippen molar-refractivity contribution in [2.75, 3.05) is 23.8 Å². The number of amides is 1.